The number of carbonyl (C=O) groups is 4. The van der Waals surface area contributed by atoms with Crippen LogP contribution in [0.2, 0.25) is 0 Å². The van der Waals surface area contributed by atoms with Gasteiger partial charge in [0.15, 0.2) is 12.2 Å². The fraction of sp³-hybridized carbons (Fsp3) is 0.952. The van der Waals surface area contributed by atoms with Gasteiger partial charge in [-0.15, -0.1) is 0 Å². The van der Waals surface area contributed by atoms with Crippen molar-refractivity contribution in [3.8, 4) is 0 Å². The average Bonchev–Trinajstić information content (AvgIpc) is 0.923. The predicted molar refractivity (Wildman–Crippen MR) is 418 cm³/mol. The van der Waals surface area contributed by atoms with Gasteiger partial charge in [0.05, 0.1) is 26.4 Å². The maximum atomic E-state index is 13.1. The summed E-state index contributed by atoms with van der Waals surface area (Å²) in [5.74, 6) is -0.506. The molecule has 3 unspecified atom stereocenters. The first-order chi connectivity index (χ1) is 49.4. The van der Waals surface area contributed by atoms with Crippen molar-refractivity contribution in [2.24, 2.45) is 11.8 Å². The molecule has 6 atom stereocenters. The van der Waals surface area contributed by atoms with Crippen LogP contribution >= 0.6 is 15.6 Å². The zero-order valence-corrected chi connectivity index (χ0v) is 68.7. The predicted octanol–water partition coefficient (Wildman–Crippen LogP) is 25.1. The monoisotopic (exact) mass is 1490 g/mol. The van der Waals surface area contributed by atoms with E-state index in [1.165, 1.54) is 244 Å². The molecule has 606 valence electrons. The van der Waals surface area contributed by atoms with Crippen molar-refractivity contribution in [3.63, 3.8) is 0 Å². The van der Waals surface area contributed by atoms with Gasteiger partial charge in [-0.25, -0.2) is 9.13 Å². The van der Waals surface area contributed by atoms with Crippen LogP contribution in [0.15, 0.2) is 0 Å². The summed E-state index contributed by atoms with van der Waals surface area (Å²) in [6.45, 7) is 9.64. The summed E-state index contributed by atoms with van der Waals surface area (Å²) in [6, 6.07) is 0. The average molecular weight is 1490 g/mol. The van der Waals surface area contributed by atoms with Crippen molar-refractivity contribution < 1.29 is 80.2 Å². The number of esters is 4. The number of unbranched alkanes of at least 4 members (excludes halogenated alkanes) is 51. The minimum Gasteiger partial charge on any atom is -0.462 e. The molecule has 0 aromatic carbocycles. The molecule has 0 saturated carbocycles. The van der Waals surface area contributed by atoms with Gasteiger partial charge < -0.3 is 33.8 Å². The maximum Gasteiger partial charge on any atom is 0.472 e. The lowest BCUT2D eigenvalue weighted by Crippen LogP contribution is -2.30. The van der Waals surface area contributed by atoms with Crippen LogP contribution in [-0.4, -0.2) is 96.7 Å². The topological polar surface area (TPSA) is 237 Å². The van der Waals surface area contributed by atoms with Gasteiger partial charge >= 0.3 is 39.5 Å². The van der Waals surface area contributed by atoms with Gasteiger partial charge in [-0.3, -0.25) is 37.3 Å². The molecule has 0 aliphatic heterocycles. The normalized spacial score (nSPS) is 14.1. The molecule has 19 heteroatoms. The first-order valence-corrected chi connectivity index (χ1v) is 46.0. The van der Waals surface area contributed by atoms with Gasteiger partial charge in [0.2, 0.25) is 0 Å². The third kappa shape index (κ3) is 74.9. The van der Waals surface area contributed by atoms with Crippen molar-refractivity contribution in [1.29, 1.82) is 0 Å². The quantitative estimate of drug-likeness (QED) is 0.0222. The van der Waals surface area contributed by atoms with Crippen LogP contribution in [-0.2, 0) is 65.4 Å². The number of phosphoric ester groups is 2. The first kappa shape index (κ1) is 100. The van der Waals surface area contributed by atoms with Crippen molar-refractivity contribution in [2.75, 3.05) is 39.6 Å². The lowest BCUT2D eigenvalue weighted by molar-refractivity contribution is -0.161. The minimum atomic E-state index is -4.96. The van der Waals surface area contributed by atoms with E-state index in [2.05, 4.69) is 41.5 Å². The Morgan fingerprint density at radius 2 is 0.500 bits per heavy atom. The van der Waals surface area contributed by atoms with Gasteiger partial charge in [0.1, 0.15) is 19.3 Å². The zero-order chi connectivity index (χ0) is 74.9. The minimum absolute atomic E-state index is 0.105. The summed E-state index contributed by atoms with van der Waals surface area (Å²) in [7, 11) is -9.91. The summed E-state index contributed by atoms with van der Waals surface area (Å²) in [5, 5.41) is 10.6. The van der Waals surface area contributed by atoms with Crippen LogP contribution in [0, 0.1) is 11.8 Å². The third-order valence-corrected chi connectivity index (χ3v) is 21.7. The molecule has 0 fully saturated rings. The molecule has 17 nitrogen and oxygen atoms in total. The fourth-order valence-electron chi connectivity index (χ4n) is 12.9. The second-order valence-corrected chi connectivity index (χ2v) is 33.5. The van der Waals surface area contributed by atoms with E-state index < -0.39 is 97.5 Å². The molecular weight excluding hydrogens is 1330 g/mol. The molecule has 0 rings (SSSR count). The number of carbonyl (C=O) groups excluding carboxylic acids is 4. The van der Waals surface area contributed by atoms with Crippen molar-refractivity contribution >= 4 is 39.5 Å². The number of ether oxygens (including phenoxy) is 4. The highest BCUT2D eigenvalue weighted by molar-refractivity contribution is 7.47. The highest BCUT2D eigenvalue weighted by atomic mass is 31.2. The van der Waals surface area contributed by atoms with E-state index in [4.69, 9.17) is 37.0 Å². The molecule has 3 N–H and O–H groups in total. The first-order valence-electron chi connectivity index (χ1n) is 43.0. The number of hydrogen-bond acceptors (Lipinski definition) is 15. The van der Waals surface area contributed by atoms with Crippen LogP contribution in [0.25, 0.3) is 0 Å². The number of hydrogen-bond donors (Lipinski definition) is 3. The summed E-state index contributed by atoms with van der Waals surface area (Å²) in [4.78, 5) is 72.9. The number of aliphatic hydroxyl groups excluding tert-OH is 1. The van der Waals surface area contributed by atoms with E-state index >= 15 is 0 Å². The Kier molecular flexibility index (Phi) is 73.1. The van der Waals surface area contributed by atoms with Crippen LogP contribution in [0.1, 0.15) is 440 Å². The molecule has 0 bridgehead atoms. The van der Waals surface area contributed by atoms with Gasteiger partial charge in [-0.2, -0.15) is 0 Å². The van der Waals surface area contributed by atoms with E-state index in [1.54, 1.807) is 0 Å². The molecule has 0 aromatic rings. The molecular formula is C83H162O17P2. The lowest BCUT2D eigenvalue weighted by atomic mass is 9.99. The van der Waals surface area contributed by atoms with Gasteiger partial charge in [-0.05, 0) is 37.5 Å². The molecule has 0 aliphatic carbocycles. The Bertz CT molecular complexity index is 1960. The largest absolute Gasteiger partial charge is 0.472 e. The Balaban J connectivity index is 5.14. The highest BCUT2D eigenvalue weighted by Gasteiger charge is 2.30. The molecule has 0 aromatic heterocycles. The Labute approximate surface area is 626 Å². The molecule has 102 heavy (non-hydrogen) atoms. The second-order valence-electron chi connectivity index (χ2n) is 30.6. The SMILES string of the molecule is CCCCCCCCCCCCCCCCCCCCCCCC(=O)OC[C@H](COP(=O)(O)OC[C@@H](O)COP(=O)(O)OC[C@@H](COC(=O)CCCCCCCCC)OC(=O)CCCCCCCCCCCC(C)C)OC(=O)CCCCCCCCCCCCCCCCCCCCC(C)CC. The summed E-state index contributed by atoms with van der Waals surface area (Å²) < 4.78 is 68.6. The zero-order valence-electron chi connectivity index (χ0n) is 66.9. The summed E-state index contributed by atoms with van der Waals surface area (Å²) >= 11 is 0. The molecule has 0 heterocycles. The lowest BCUT2D eigenvalue weighted by Gasteiger charge is -2.21. The van der Waals surface area contributed by atoms with Crippen molar-refractivity contribution in [1.82, 2.24) is 0 Å². The number of rotatable bonds is 82. The standard InChI is InChI=1S/C83H162O17P2/c1-7-10-12-14-16-17-18-19-20-21-22-23-24-28-31-34-37-42-48-54-60-66-81(86)94-72-79(100-82(87)67-61-55-49-43-38-35-32-29-26-25-27-30-33-36-41-47-52-58-64-76(6)9-3)74-98-102(91,92)96-70-77(84)69-95-101(89,90)97-73-78(71-93-80(85)65-59-53-45-15-13-11-8-2)99-83(88)68-62-56-50-44-39-40-46-51-57-63-75(4)5/h75-79,84H,7-74H2,1-6H3,(H,89,90)(H,91,92)/t76?,77-,78+,79+/m0/s1. The Morgan fingerprint density at radius 1 is 0.284 bits per heavy atom. The van der Waals surface area contributed by atoms with E-state index in [9.17, 15) is 43.2 Å². The van der Waals surface area contributed by atoms with Crippen LogP contribution < -0.4 is 0 Å². The summed E-state index contributed by atoms with van der Waals surface area (Å²) in [6.07, 6.45) is 65.6. The fourth-order valence-corrected chi connectivity index (χ4v) is 14.4. The van der Waals surface area contributed by atoms with E-state index in [1.807, 2.05) is 0 Å². The highest BCUT2D eigenvalue weighted by Crippen LogP contribution is 2.45. The maximum absolute atomic E-state index is 13.1. The van der Waals surface area contributed by atoms with Crippen LogP contribution in [0.5, 0.6) is 0 Å². The Hall–Kier alpha value is -1.94. The number of aliphatic hydroxyl groups is 1. The smallest absolute Gasteiger partial charge is 0.462 e. The van der Waals surface area contributed by atoms with E-state index in [-0.39, 0.29) is 25.7 Å². The molecule has 0 aliphatic rings. The van der Waals surface area contributed by atoms with Crippen molar-refractivity contribution in [3.05, 3.63) is 0 Å². The van der Waals surface area contributed by atoms with Gasteiger partial charge in [-0.1, -0.05) is 388 Å². The molecule has 0 spiro atoms. The van der Waals surface area contributed by atoms with Crippen LogP contribution in [0.4, 0.5) is 0 Å². The van der Waals surface area contributed by atoms with Gasteiger partial charge in [0, 0.05) is 25.7 Å². The second kappa shape index (κ2) is 74.5. The van der Waals surface area contributed by atoms with Gasteiger partial charge in [0.25, 0.3) is 0 Å². The molecule has 0 radical (unpaired) electrons. The van der Waals surface area contributed by atoms with Crippen LogP contribution in [0.3, 0.4) is 0 Å². The molecule has 0 saturated heterocycles. The summed E-state index contributed by atoms with van der Waals surface area (Å²) in [5.41, 5.74) is 0. The Morgan fingerprint density at radius 3 is 0.745 bits per heavy atom. The number of phosphoric acid groups is 2. The third-order valence-electron chi connectivity index (χ3n) is 19.8. The van der Waals surface area contributed by atoms with E-state index in [0.717, 1.165) is 115 Å². The molecule has 0 amide bonds. The van der Waals surface area contributed by atoms with E-state index in [0.29, 0.717) is 25.7 Å². The van der Waals surface area contributed by atoms with Crippen molar-refractivity contribution in [2.45, 2.75) is 458 Å².